The molecule has 1 nitrogen and oxygen atoms in total. The van der Waals surface area contributed by atoms with Crippen molar-refractivity contribution in [3.05, 3.63) is 0 Å². The molecule has 8 heteroatoms. The van der Waals surface area contributed by atoms with Crippen LogP contribution in [0.5, 0.6) is 0 Å². The largest absolute Gasteiger partial charge is 0.342 e. The summed E-state index contributed by atoms with van der Waals surface area (Å²) in [6.07, 6.45) is 0. The van der Waals surface area contributed by atoms with Gasteiger partial charge in [-0.2, -0.15) is 8.78 Å². The molecule has 80 valence electrons. The molecule has 0 fully saturated rings. The highest BCUT2D eigenvalue weighted by atomic mass is 19.3. The summed E-state index contributed by atoms with van der Waals surface area (Å²) >= 11 is 0. The van der Waals surface area contributed by atoms with Crippen LogP contribution in [0, 0.1) is 0 Å². The maximum atomic E-state index is 9.89. The normalized spacial score (nSPS) is 3.82. The van der Waals surface area contributed by atoms with E-state index in [4.69, 9.17) is 5.11 Å². The molecule has 0 aliphatic carbocycles. The SMILES string of the molecule is CC.F.F.F.F.F.OC(F)F. The Labute approximate surface area is 59.2 Å². The maximum Gasteiger partial charge on any atom is 0.342 e. The van der Waals surface area contributed by atoms with Crippen LogP contribution < -0.4 is 0 Å². The molecular formula is C3H13F7O. The number of aliphatic hydroxyl groups excluding tert-OH is 1. The lowest BCUT2D eigenvalue weighted by Gasteiger charge is -1.70. The standard InChI is InChI=1S/C2H6.CH2F2O.5FH/c1-2;2-1(3)4;;;;;/h1-2H3;1,4H;5*1H. The minimum absolute atomic E-state index is 0. The van der Waals surface area contributed by atoms with Gasteiger partial charge in [0.25, 0.3) is 0 Å². The number of hydrogen-bond donors (Lipinski definition) is 1. The van der Waals surface area contributed by atoms with Crippen LogP contribution >= 0.6 is 0 Å². The van der Waals surface area contributed by atoms with Crippen LogP contribution in [0.2, 0.25) is 0 Å². The fourth-order valence-electron chi connectivity index (χ4n) is 0. The lowest BCUT2D eigenvalue weighted by atomic mass is 11.0. The Hall–Kier alpha value is -0.530. The molecule has 0 radical (unpaired) electrons. The van der Waals surface area contributed by atoms with E-state index < -0.39 is 6.61 Å². The molecule has 0 amide bonds. The first kappa shape index (κ1) is 78.0. The molecule has 0 spiro atoms. The third-order valence-corrected chi connectivity index (χ3v) is 0. The van der Waals surface area contributed by atoms with Crippen LogP contribution in [0.3, 0.4) is 0 Å². The Bertz CT molecular complexity index is 18.4. The second-order valence-corrected chi connectivity index (χ2v) is 0.278. The number of rotatable bonds is 0. The van der Waals surface area contributed by atoms with E-state index >= 15 is 0 Å². The summed E-state index contributed by atoms with van der Waals surface area (Å²) in [6.45, 7) is 0.833. The van der Waals surface area contributed by atoms with Crippen molar-refractivity contribution < 1.29 is 37.4 Å². The van der Waals surface area contributed by atoms with Crippen molar-refractivity contribution in [2.75, 3.05) is 0 Å². The van der Waals surface area contributed by atoms with Gasteiger partial charge < -0.3 is 5.11 Å². The van der Waals surface area contributed by atoms with Crippen molar-refractivity contribution in [2.24, 2.45) is 0 Å². The van der Waals surface area contributed by atoms with Gasteiger partial charge in [-0.1, -0.05) is 13.8 Å². The highest BCUT2D eigenvalue weighted by Crippen LogP contribution is 1.77. The summed E-state index contributed by atoms with van der Waals surface area (Å²) < 4.78 is 19.8. The van der Waals surface area contributed by atoms with E-state index in [0.717, 1.165) is 0 Å². The lowest BCUT2D eigenvalue weighted by molar-refractivity contribution is -0.0728. The van der Waals surface area contributed by atoms with Crippen molar-refractivity contribution >= 4 is 0 Å². The number of alkyl halides is 2. The van der Waals surface area contributed by atoms with Gasteiger partial charge >= 0.3 is 6.61 Å². The van der Waals surface area contributed by atoms with Gasteiger partial charge in [0.15, 0.2) is 0 Å². The van der Waals surface area contributed by atoms with E-state index in [1.54, 1.807) is 0 Å². The summed E-state index contributed by atoms with van der Waals surface area (Å²) in [4.78, 5) is 0. The fourth-order valence-corrected chi connectivity index (χ4v) is 0. The summed E-state index contributed by atoms with van der Waals surface area (Å²) in [6, 6.07) is 0. The monoisotopic (exact) mass is 198 g/mol. The smallest absolute Gasteiger partial charge is 0.339 e. The van der Waals surface area contributed by atoms with Gasteiger partial charge in [0, 0.05) is 0 Å². The third-order valence-electron chi connectivity index (χ3n) is 0. The number of halogens is 7. The van der Waals surface area contributed by atoms with E-state index in [1.165, 1.54) is 0 Å². The van der Waals surface area contributed by atoms with Gasteiger partial charge in [-0.05, 0) is 0 Å². The zero-order chi connectivity index (χ0) is 5.58. The van der Waals surface area contributed by atoms with Crippen LogP contribution in [0.15, 0.2) is 0 Å². The van der Waals surface area contributed by atoms with Crippen molar-refractivity contribution in [1.82, 2.24) is 0 Å². The zero-order valence-corrected chi connectivity index (χ0v) is 5.82. The number of hydrogen-bond acceptors (Lipinski definition) is 1. The minimum atomic E-state index is -3.17. The highest BCUT2D eigenvalue weighted by Gasteiger charge is 1.81. The molecule has 0 heterocycles. The first-order valence-corrected chi connectivity index (χ1v) is 1.69. The van der Waals surface area contributed by atoms with Crippen molar-refractivity contribution in [2.45, 2.75) is 20.5 Å². The second kappa shape index (κ2) is 111. The molecule has 0 aromatic carbocycles. The van der Waals surface area contributed by atoms with Gasteiger partial charge in [0.05, 0.1) is 0 Å². The maximum absolute atomic E-state index is 9.89. The molecule has 0 saturated heterocycles. The van der Waals surface area contributed by atoms with Gasteiger partial charge in [0.1, 0.15) is 0 Å². The molecule has 0 unspecified atom stereocenters. The highest BCUT2D eigenvalue weighted by molar-refractivity contribution is 3.81. The predicted octanol–water partition coefficient (Wildman–Crippen LogP) is 1.99. The van der Waals surface area contributed by atoms with E-state index in [9.17, 15) is 8.78 Å². The molecule has 0 atom stereocenters. The fraction of sp³-hybridized carbons (Fsp3) is 1.00. The Morgan fingerprint density at radius 2 is 0.818 bits per heavy atom. The van der Waals surface area contributed by atoms with E-state index in [2.05, 4.69) is 0 Å². The molecule has 0 bridgehead atoms. The van der Waals surface area contributed by atoms with Gasteiger partial charge in [-0.15, -0.1) is 0 Å². The molecule has 0 saturated carbocycles. The average Bonchev–Trinajstić information content (AvgIpc) is 1.41. The molecule has 0 aliphatic heterocycles. The summed E-state index contributed by atoms with van der Waals surface area (Å²) in [5, 5.41) is 6.72. The first-order chi connectivity index (χ1) is 2.73. The Morgan fingerprint density at radius 3 is 0.818 bits per heavy atom. The molecule has 0 aromatic rings. The Balaban J connectivity index is -0.00000000432. The van der Waals surface area contributed by atoms with Crippen LogP contribution in [0.25, 0.3) is 0 Å². The second-order valence-electron chi connectivity index (χ2n) is 0.278. The van der Waals surface area contributed by atoms with Crippen molar-refractivity contribution in [1.29, 1.82) is 0 Å². The zero-order valence-electron chi connectivity index (χ0n) is 5.82. The Kier molecular flexibility index (Phi) is 789. The lowest BCUT2D eigenvalue weighted by Crippen LogP contribution is -1.78. The van der Waals surface area contributed by atoms with Crippen molar-refractivity contribution in [3.63, 3.8) is 0 Å². The summed E-state index contributed by atoms with van der Waals surface area (Å²) in [5.74, 6) is 0. The first-order valence-electron chi connectivity index (χ1n) is 1.69. The topological polar surface area (TPSA) is 20.2 Å². The quantitative estimate of drug-likeness (QED) is 0.590. The summed E-state index contributed by atoms with van der Waals surface area (Å²) in [5.41, 5.74) is 0. The van der Waals surface area contributed by atoms with Crippen LogP contribution in [-0.4, -0.2) is 11.7 Å². The van der Waals surface area contributed by atoms with Gasteiger partial charge in [0.2, 0.25) is 0 Å². The van der Waals surface area contributed by atoms with Crippen LogP contribution in [0.1, 0.15) is 13.8 Å². The number of aliphatic hydroxyl groups is 1. The average molecular weight is 198 g/mol. The molecule has 0 rings (SSSR count). The van der Waals surface area contributed by atoms with Crippen LogP contribution in [-0.2, 0) is 0 Å². The van der Waals surface area contributed by atoms with Crippen molar-refractivity contribution in [3.8, 4) is 0 Å². The van der Waals surface area contributed by atoms with E-state index in [0.29, 0.717) is 0 Å². The third kappa shape index (κ3) is 1880. The Morgan fingerprint density at radius 1 is 0.818 bits per heavy atom. The molecule has 0 aliphatic rings. The molecule has 0 aromatic heterocycles. The molecular weight excluding hydrogens is 185 g/mol. The van der Waals surface area contributed by atoms with E-state index in [-0.39, 0.29) is 23.5 Å². The van der Waals surface area contributed by atoms with E-state index in [1.807, 2.05) is 13.8 Å². The minimum Gasteiger partial charge on any atom is -0.339 e. The van der Waals surface area contributed by atoms with Crippen LogP contribution in [0.4, 0.5) is 32.3 Å². The van der Waals surface area contributed by atoms with Gasteiger partial charge in [-0.3, -0.25) is 23.5 Å². The van der Waals surface area contributed by atoms with Gasteiger partial charge in [-0.25, -0.2) is 0 Å². The molecule has 1 N–H and O–H groups in total. The summed E-state index contributed by atoms with van der Waals surface area (Å²) in [7, 11) is 0. The predicted molar refractivity (Wildman–Crippen MR) is 32.1 cm³/mol. The molecule has 11 heavy (non-hydrogen) atoms.